The van der Waals surface area contributed by atoms with Gasteiger partial charge in [-0.15, -0.1) is 0 Å². The molecule has 1 nitrogen and oxygen atoms in total. The first kappa shape index (κ1) is 22.1. The third-order valence-corrected chi connectivity index (χ3v) is 7.55. The Morgan fingerprint density at radius 1 is 0.793 bits per heavy atom. The van der Waals surface area contributed by atoms with Gasteiger partial charge in [-0.1, -0.05) is 69.7 Å². The van der Waals surface area contributed by atoms with Crippen molar-refractivity contribution < 1.29 is 0 Å². The van der Waals surface area contributed by atoms with Gasteiger partial charge in [0.05, 0.1) is 11.6 Å². The molecule has 3 rings (SSSR count). The highest BCUT2D eigenvalue weighted by molar-refractivity contribution is 5.33. The summed E-state index contributed by atoms with van der Waals surface area (Å²) in [6, 6.07) is 10.5. The van der Waals surface area contributed by atoms with Crippen molar-refractivity contribution in [1.82, 2.24) is 0 Å². The van der Waals surface area contributed by atoms with E-state index in [0.29, 0.717) is 5.92 Å². The number of hydrogen-bond acceptors (Lipinski definition) is 1. The first-order valence-corrected chi connectivity index (χ1v) is 12.5. The molecule has 158 valence electrons. The maximum absolute atomic E-state index is 8.96. The second kappa shape index (κ2) is 12.2. The highest BCUT2D eigenvalue weighted by atomic mass is 14.3. The Hall–Kier alpha value is -1.55. The van der Waals surface area contributed by atoms with Crippen molar-refractivity contribution in [3.8, 4) is 6.07 Å². The van der Waals surface area contributed by atoms with Crippen LogP contribution in [-0.2, 0) is 0 Å². The van der Waals surface area contributed by atoms with E-state index in [1.54, 1.807) is 0 Å². The van der Waals surface area contributed by atoms with Crippen LogP contribution in [0, 0.1) is 29.1 Å². The standard InChI is InChI=1S/C28H41N/c1-2-3-4-5-6-7-23-8-10-24(11-9-23)12-13-25-14-18-27(19-15-25)28-20-16-26(22-29)17-21-28/h12-13,16-17,20-21,23-25,27H,2-11,14-15,18-19H2,1H3. The Morgan fingerprint density at radius 3 is 1.97 bits per heavy atom. The van der Waals surface area contributed by atoms with E-state index in [4.69, 9.17) is 5.26 Å². The van der Waals surface area contributed by atoms with E-state index in [-0.39, 0.29) is 0 Å². The average Bonchev–Trinajstić information content (AvgIpc) is 2.79. The molecule has 0 atom stereocenters. The van der Waals surface area contributed by atoms with Crippen LogP contribution in [0.2, 0.25) is 0 Å². The molecule has 2 fully saturated rings. The minimum absolute atomic E-state index is 0.695. The molecule has 2 aliphatic carbocycles. The molecule has 0 aliphatic heterocycles. The van der Waals surface area contributed by atoms with Crippen LogP contribution in [0.25, 0.3) is 0 Å². The van der Waals surface area contributed by atoms with Crippen LogP contribution in [-0.4, -0.2) is 0 Å². The van der Waals surface area contributed by atoms with Crippen LogP contribution < -0.4 is 0 Å². The molecule has 1 aromatic carbocycles. The Labute approximate surface area is 179 Å². The fourth-order valence-electron chi connectivity index (χ4n) is 5.49. The van der Waals surface area contributed by atoms with Gasteiger partial charge in [0.15, 0.2) is 0 Å². The van der Waals surface area contributed by atoms with Crippen molar-refractivity contribution >= 4 is 0 Å². The quantitative estimate of drug-likeness (QED) is 0.305. The van der Waals surface area contributed by atoms with Crippen LogP contribution in [0.5, 0.6) is 0 Å². The minimum Gasteiger partial charge on any atom is -0.192 e. The van der Waals surface area contributed by atoms with Gasteiger partial charge in [0, 0.05) is 0 Å². The van der Waals surface area contributed by atoms with Crippen LogP contribution in [0.15, 0.2) is 36.4 Å². The highest BCUT2D eigenvalue weighted by Gasteiger charge is 2.22. The lowest BCUT2D eigenvalue weighted by atomic mass is 9.76. The molecule has 0 spiro atoms. The molecule has 0 radical (unpaired) electrons. The highest BCUT2D eigenvalue weighted by Crippen LogP contribution is 2.38. The SMILES string of the molecule is CCCCCCCC1CCC(C=CC2CCC(c3ccc(C#N)cc3)CC2)CC1. The number of rotatable bonds is 9. The summed E-state index contributed by atoms with van der Waals surface area (Å²) in [6.45, 7) is 2.30. The van der Waals surface area contributed by atoms with E-state index in [0.717, 1.165) is 23.3 Å². The van der Waals surface area contributed by atoms with E-state index in [1.165, 1.54) is 95.5 Å². The summed E-state index contributed by atoms with van der Waals surface area (Å²) in [5, 5.41) is 8.96. The van der Waals surface area contributed by atoms with Gasteiger partial charge in [0.1, 0.15) is 0 Å². The van der Waals surface area contributed by atoms with Crippen molar-refractivity contribution in [2.45, 2.75) is 103 Å². The van der Waals surface area contributed by atoms with E-state index >= 15 is 0 Å². The fraction of sp³-hybridized carbons (Fsp3) is 0.679. The molecule has 1 heteroatoms. The molecule has 0 amide bonds. The summed E-state index contributed by atoms with van der Waals surface area (Å²) < 4.78 is 0. The van der Waals surface area contributed by atoms with Crippen LogP contribution >= 0.6 is 0 Å². The summed E-state index contributed by atoms with van der Waals surface area (Å²) in [5.74, 6) is 3.35. The van der Waals surface area contributed by atoms with Gasteiger partial charge in [-0.3, -0.25) is 0 Å². The third-order valence-electron chi connectivity index (χ3n) is 7.55. The van der Waals surface area contributed by atoms with Crippen molar-refractivity contribution in [3.63, 3.8) is 0 Å². The van der Waals surface area contributed by atoms with Gasteiger partial charge in [-0.05, 0) is 92.7 Å². The third kappa shape index (κ3) is 7.33. The molecule has 2 saturated carbocycles. The molecule has 0 unspecified atom stereocenters. The zero-order valence-corrected chi connectivity index (χ0v) is 18.6. The van der Waals surface area contributed by atoms with Crippen LogP contribution in [0.1, 0.15) is 114 Å². The number of unbranched alkanes of at least 4 members (excludes halogenated alkanes) is 4. The van der Waals surface area contributed by atoms with Crippen molar-refractivity contribution in [2.75, 3.05) is 0 Å². The molecule has 29 heavy (non-hydrogen) atoms. The van der Waals surface area contributed by atoms with Gasteiger partial charge >= 0.3 is 0 Å². The first-order valence-electron chi connectivity index (χ1n) is 12.5. The Morgan fingerprint density at radius 2 is 1.38 bits per heavy atom. The maximum atomic E-state index is 8.96. The van der Waals surface area contributed by atoms with Crippen LogP contribution in [0.4, 0.5) is 0 Å². The van der Waals surface area contributed by atoms with Crippen molar-refractivity contribution in [1.29, 1.82) is 5.26 Å². The molecule has 0 saturated heterocycles. The molecule has 1 aromatic rings. The summed E-state index contributed by atoms with van der Waals surface area (Å²) in [5.41, 5.74) is 2.20. The predicted molar refractivity (Wildman–Crippen MR) is 124 cm³/mol. The lowest BCUT2D eigenvalue weighted by molar-refractivity contribution is 0.287. The number of allylic oxidation sites excluding steroid dienone is 2. The molecule has 0 heterocycles. The Kier molecular flexibility index (Phi) is 9.33. The van der Waals surface area contributed by atoms with Crippen LogP contribution in [0.3, 0.4) is 0 Å². The van der Waals surface area contributed by atoms with Gasteiger partial charge in [-0.25, -0.2) is 0 Å². The number of benzene rings is 1. The summed E-state index contributed by atoms with van der Waals surface area (Å²) >= 11 is 0. The average molecular weight is 392 g/mol. The molecular weight excluding hydrogens is 350 g/mol. The van der Waals surface area contributed by atoms with E-state index < -0.39 is 0 Å². The second-order valence-corrected chi connectivity index (χ2v) is 9.71. The van der Waals surface area contributed by atoms with Gasteiger partial charge in [0.25, 0.3) is 0 Å². The normalized spacial score (nSPS) is 27.7. The van der Waals surface area contributed by atoms with Gasteiger partial charge in [-0.2, -0.15) is 5.26 Å². The van der Waals surface area contributed by atoms with E-state index in [9.17, 15) is 0 Å². The van der Waals surface area contributed by atoms with Crippen molar-refractivity contribution in [3.05, 3.63) is 47.5 Å². The Balaban J connectivity index is 1.32. The molecule has 0 N–H and O–H groups in total. The fourth-order valence-corrected chi connectivity index (χ4v) is 5.49. The number of hydrogen-bond donors (Lipinski definition) is 0. The zero-order valence-electron chi connectivity index (χ0n) is 18.6. The summed E-state index contributed by atoms with van der Waals surface area (Å²) in [7, 11) is 0. The smallest absolute Gasteiger partial charge is 0.0991 e. The molecule has 0 aromatic heterocycles. The van der Waals surface area contributed by atoms with E-state index in [1.807, 2.05) is 12.1 Å². The maximum Gasteiger partial charge on any atom is 0.0991 e. The first-order chi connectivity index (χ1) is 14.3. The topological polar surface area (TPSA) is 23.8 Å². The molecular formula is C28H41N. The number of nitriles is 1. The zero-order chi connectivity index (χ0) is 20.3. The lowest BCUT2D eigenvalue weighted by Gasteiger charge is -2.29. The van der Waals surface area contributed by atoms with Gasteiger partial charge < -0.3 is 0 Å². The Bertz CT molecular complexity index is 634. The summed E-state index contributed by atoms with van der Waals surface area (Å²) in [6.07, 6.45) is 24.8. The minimum atomic E-state index is 0.695. The predicted octanol–water partition coefficient (Wildman–Crippen LogP) is 8.56. The largest absolute Gasteiger partial charge is 0.192 e. The monoisotopic (exact) mass is 391 g/mol. The van der Waals surface area contributed by atoms with E-state index in [2.05, 4.69) is 37.3 Å². The molecule has 0 bridgehead atoms. The molecule has 2 aliphatic rings. The number of nitrogens with zero attached hydrogens (tertiary/aromatic N) is 1. The van der Waals surface area contributed by atoms with Gasteiger partial charge in [0.2, 0.25) is 0 Å². The lowest BCUT2D eigenvalue weighted by Crippen LogP contribution is -2.14. The second-order valence-electron chi connectivity index (χ2n) is 9.71. The van der Waals surface area contributed by atoms with Crippen molar-refractivity contribution in [2.24, 2.45) is 17.8 Å². The summed E-state index contributed by atoms with van der Waals surface area (Å²) in [4.78, 5) is 0.